The Hall–Kier alpha value is -1.10. The molecule has 94 valence electrons. The summed E-state index contributed by atoms with van der Waals surface area (Å²) in [5.74, 6) is -0.311. The molecule has 0 aliphatic carbocycles. The highest BCUT2D eigenvalue weighted by atomic mass is 35.5. The number of carbonyl (C=O) groups excluding carboxylic acids is 1. The van der Waals surface area contributed by atoms with Crippen LogP contribution >= 0.6 is 11.6 Å². The van der Waals surface area contributed by atoms with Crippen molar-refractivity contribution in [2.45, 2.75) is 26.4 Å². The molecular weight excluding hydrogens is 255 g/mol. The van der Waals surface area contributed by atoms with E-state index in [-0.39, 0.29) is 28.8 Å². The minimum absolute atomic E-state index is 0.0470. The zero-order chi connectivity index (χ0) is 13.2. The molecular formula is C11H11ClF3NO. The molecule has 0 spiro atoms. The minimum atomic E-state index is -4.47. The highest BCUT2D eigenvalue weighted by Gasteiger charge is 2.31. The maximum absolute atomic E-state index is 12.3. The van der Waals surface area contributed by atoms with Crippen molar-refractivity contribution < 1.29 is 18.0 Å². The first-order valence-corrected chi connectivity index (χ1v) is 5.34. The summed E-state index contributed by atoms with van der Waals surface area (Å²) in [6.45, 7) is 3.42. The number of ketones is 1. The molecule has 0 atom stereocenters. The molecule has 0 radical (unpaired) electrons. The molecule has 0 bridgehead atoms. The van der Waals surface area contributed by atoms with Crippen molar-refractivity contribution in [3.8, 4) is 0 Å². The molecule has 6 heteroatoms. The predicted molar refractivity (Wildman–Crippen MR) is 57.8 cm³/mol. The van der Waals surface area contributed by atoms with Gasteiger partial charge in [-0.3, -0.25) is 9.78 Å². The van der Waals surface area contributed by atoms with Crippen LogP contribution in [-0.4, -0.2) is 10.8 Å². The summed E-state index contributed by atoms with van der Waals surface area (Å²) in [5.41, 5.74) is -0.735. The second-order valence-electron chi connectivity index (χ2n) is 3.95. The van der Waals surface area contributed by atoms with Crippen molar-refractivity contribution in [1.82, 2.24) is 4.98 Å². The first-order valence-electron chi connectivity index (χ1n) is 4.96. The lowest BCUT2D eigenvalue weighted by Crippen LogP contribution is -2.13. The second kappa shape index (κ2) is 5.04. The number of pyridine rings is 1. The topological polar surface area (TPSA) is 30.0 Å². The van der Waals surface area contributed by atoms with Gasteiger partial charge in [0, 0.05) is 12.1 Å². The fourth-order valence-corrected chi connectivity index (χ4v) is 1.35. The zero-order valence-corrected chi connectivity index (χ0v) is 10.1. The van der Waals surface area contributed by atoms with E-state index in [1.165, 1.54) is 0 Å². The summed E-state index contributed by atoms with van der Waals surface area (Å²) in [5, 5.41) is -0.131. The van der Waals surface area contributed by atoms with Crippen molar-refractivity contribution in [2.24, 2.45) is 5.92 Å². The lowest BCUT2D eigenvalue weighted by atomic mass is 10.0. The Morgan fingerprint density at radius 3 is 2.47 bits per heavy atom. The Morgan fingerprint density at radius 1 is 1.47 bits per heavy atom. The summed E-state index contributed by atoms with van der Waals surface area (Å²) < 4.78 is 37.0. The maximum atomic E-state index is 12.3. The monoisotopic (exact) mass is 265 g/mol. The van der Waals surface area contributed by atoms with Crippen LogP contribution in [0.1, 0.15) is 25.1 Å². The SMILES string of the molecule is CC(C)C(=O)Cc1ncc(C(F)(F)F)cc1Cl. The van der Waals surface area contributed by atoms with Gasteiger partial charge in [-0.05, 0) is 6.07 Å². The highest BCUT2D eigenvalue weighted by Crippen LogP contribution is 2.31. The lowest BCUT2D eigenvalue weighted by Gasteiger charge is -2.09. The van der Waals surface area contributed by atoms with E-state index in [1.807, 2.05) is 0 Å². The Labute approximate surface area is 102 Å². The van der Waals surface area contributed by atoms with Gasteiger partial charge in [0.05, 0.1) is 22.7 Å². The van der Waals surface area contributed by atoms with E-state index in [0.717, 1.165) is 6.07 Å². The van der Waals surface area contributed by atoms with Gasteiger partial charge in [0.2, 0.25) is 0 Å². The molecule has 0 N–H and O–H groups in total. The van der Waals surface area contributed by atoms with E-state index in [1.54, 1.807) is 13.8 Å². The predicted octanol–water partition coefficient (Wildman–Crippen LogP) is 3.52. The van der Waals surface area contributed by atoms with E-state index in [2.05, 4.69) is 4.98 Å². The number of hydrogen-bond donors (Lipinski definition) is 0. The molecule has 0 saturated heterocycles. The molecule has 0 fully saturated rings. The summed E-state index contributed by atoms with van der Waals surface area (Å²) >= 11 is 5.67. The fraction of sp³-hybridized carbons (Fsp3) is 0.455. The first kappa shape index (κ1) is 14.0. The maximum Gasteiger partial charge on any atom is 0.417 e. The smallest absolute Gasteiger partial charge is 0.299 e. The summed E-state index contributed by atoms with van der Waals surface area (Å²) in [7, 11) is 0. The fourth-order valence-electron chi connectivity index (χ4n) is 1.12. The summed E-state index contributed by atoms with van der Waals surface area (Å²) in [4.78, 5) is 15.0. The van der Waals surface area contributed by atoms with Crippen LogP contribution in [0.2, 0.25) is 5.02 Å². The van der Waals surface area contributed by atoms with Crippen LogP contribution in [0.4, 0.5) is 13.2 Å². The van der Waals surface area contributed by atoms with Crippen LogP contribution in [0.3, 0.4) is 0 Å². The average molecular weight is 266 g/mol. The summed E-state index contributed by atoms with van der Waals surface area (Å²) in [6.07, 6.45) is -3.83. The molecule has 0 unspecified atom stereocenters. The van der Waals surface area contributed by atoms with Crippen LogP contribution < -0.4 is 0 Å². The van der Waals surface area contributed by atoms with Crippen LogP contribution in [-0.2, 0) is 17.4 Å². The van der Waals surface area contributed by atoms with Crippen molar-refractivity contribution in [1.29, 1.82) is 0 Å². The number of rotatable bonds is 3. The van der Waals surface area contributed by atoms with Gasteiger partial charge < -0.3 is 0 Å². The molecule has 1 heterocycles. The third kappa shape index (κ3) is 3.70. The number of halogens is 4. The number of carbonyl (C=O) groups is 1. The van der Waals surface area contributed by atoms with Gasteiger partial charge in [0.1, 0.15) is 5.78 Å². The third-order valence-electron chi connectivity index (χ3n) is 2.23. The van der Waals surface area contributed by atoms with Gasteiger partial charge in [-0.1, -0.05) is 25.4 Å². The van der Waals surface area contributed by atoms with Crippen molar-refractivity contribution in [2.75, 3.05) is 0 Å². The van der Waals surface area contributed by atoms with Gasteiger partial charge in [0.15, 0.2) is 0 Å². The van der Waals surface area contributed by atoms with Gasteiger partial charge in [0.25, 0.3) is 0 Å². The molecule has 0 aliphatic rings. The van der Waals surface area contributed by atoms with Gasteiger partial charge in [-0.2, -0.15) is 13.2 Å². The lowest BCUT2D eigenvalue weighted by molar-refractivity contribution is -0.137. The van der Waals surface area contributed by atoms with E-state index in [0.29, 0.717) is 6.20 Å². The van der Waals surface area contributed by atoms with Gasteiger partial charge >= 0.3 is 6.18 Å². The normalized spacial score (nSPS) is 11.9. The Bertz CT molecular complexity index is 429. The molecule has 17 heavy (non-hydrogen) atoms. The van der Waals surface area contributed by atoms with Crippen LogP contribution in [0.15, 0.2) is 12.3 Å². The van der Waals surface area contributed by atoms with E-state index in [4.69, 9.17) is 11.6 Å². The molecule has 2 nitrogen and oxygen atoms in total. The van der Waals surface area contributed by atoms with Crippen LogP contribution in [0.25, 0.3) is 0 Å². The van der Waals surface area contributed by atoms with E-state index >= 15 is 0 Å². The van der Waals surface area contributed by atoms with Gasteiger partial charge in [-0.15, -0.1) is 0 Å². The Kier molecular flexibility index (Phi) is 4.14. The number of nitrogens with zero attached hydrogens (tertiary/aromatic N) is 1. The third-order valence-corrected chi connectivity index (χ3v) is 2.56. The first-order chi connectivity index (χ1) is 7.71. The number of alkyl halides is 3. The molecule has 0 amide bonds. The van der Waals surface area contributed by atoms with Crippen LogP contribution in [0, 0.1) is 5.92 Å². The molecule has 1 aromatic rings. The second-order valence-corrected chi connectivity index (χ2v) is 4.36. The average Bonchev–Trinajstić information content (AvgIpc) is 2.19. The Morgan fingerprint density at radius 2 is 2.06 bits per heavy atom. The molecule has 1 aromatic heterocycles. The highest BCUT2D eigenvalue weighted by molar-refractivity contribution is 6.31. The zero-order valence-electron chi connectivity index (χ0n) is 9.31. The van der Waals surface area contributed by atoms with Crippen molar-refractivity contribution in [3.63, 3.8) is 0 Å². The van der Waals surface area contributed by atoms with E-state index < -0.39 is 11.7 Å². The number of Topliss-reactive ketones (excluding diaryl/α,β-unsaturated/α-hetero) is 1. The summed E-state index contributed by atoms with van der Waals surface area (Å²) in [6, 6.07) is 0.789. The molecule has 0 saturated carbocycles. The quantitative estimate of drug-likeness (QED) is 0.837. The molecule has 0 aliphatic heterocycles. The van der Waals surface area contributed by atoms with Gasteiger partial charge in [-0.25, -0.2) is 0 Å². The van der Waals surface area contributed by atoms with Crippen LogP contribution in [0.5, 0.6) is 0 Å². The number of aromatic nitrogens is 1. The molecule has 1 rings (SSSR count). The number of hydrogen-bond acceptors (Lipinski definition) is 2. The minimum Gasteiger partial charge on any atom is -0.299 e. The standard InChI is InChI=1S/C11H11ClF3NO/c1-6(2)10(17)4-9-8(12)3-7(5-16-9)11(13,14)15/h3,5-6H,4H2,1-2H3. The largest absolute Gasteiger partial charge is 0.417 e. The van der Waals surface area contributed by atoms with Crippen molar-refractivity contribution >= 4 is 17.4 Å². The van der Waals surface area contributed by atoms with E-state index in [9.17, 15) is 18.0 Å². The Balaban J connectivity index is 2.95. The van der Waals surface area contributed by atoms with Crippen molar-refractivity contribution in [3.05, 3.63) is 28.5 Å². The molecule has 0 aromatic carbocycles.